The SMILES string of the molecule is C=C[C@H]1C[C@]1(NC(=O)[C@@H]1C[C@@H]2CN1C(=O)[C@H](CCCC)NC(=O)CCCCCc1cccc3c1CN(C3)C(=O)O2)C(=O)NS(=O)(=O)C1CC1. The molecule has 3 N–H and O–H groups in total. The van der Waals surface area contributed by atoms with E-state index in [1.807, 2.05) is 19.1 Å². The van der Waals surface area contributed by atoms with Gasteiger partial charge in [0.25, 0.3) is 5.91 Å². The number of ether oxygens (including phenoxy) is 1. The smallest absolute Gasteiger partial charge is 0.410 e. The minimum Gasteiger partial charge on any atom is -0.444 e. The summed E-state index contributed by atoms with van der Waals surface area (Å²) in [6.07, 6.45) is 6.47. The molecule has 266 valence electrons. The number of nitrogens with one attached hydrogen (secondary N) is 3. The fourth-order valence-corrected chi connectivity index (χ4v) is 8.74. The number of nitrogens with zero attached hydrogens (tertiary/aromatic N) is 2. The average molecular weight is 698 g/mol. The number of hydrogen-bond donors (Lipinski definition) is 3. The molecule has 3 aliphatic heterocycles. The Morgan fingerprint density at radius 2 is 1.86 bits per heavy atom. The molecular formula is C35H47N5O8S. The Hall–Kier alpha value is -3.94. The molecule has 0 aromatic heterocycles. The normalized spacial score (nSPS) is 29.0. The van der Waals surface area contributed by atoms with Gasteiger partial charge in [-0.05, 0) is 61.6 Å². The summed E-state index contributed by atoms with van der Waals surface area (Å²) in [4.78, 5) is 71.2. The zero-order valence-corrected chi connectivity index (χ0v) is 28.9. The molecule has 13 nitrogen and oxygen atoms in total. The summed E-state index contributed by atoms with van der Waals surface area (Å²) in [6, 6.07) is 4.05. The summed E-state index contributed by atoms with van der Waals surface area (Å²) >= 11 is 0. The number of sulfonamides is 1. The molecule has 2 saturated carbocycles. The van der Waals surface area contributed by atoms with Crippen LogP contribution < -0.4 is 15.4 Å². The van der Waals surface area contributed by atoms with Crippen LogP contribution in [0, 0.1) is 5.92 Å². The maximum Gasteiger partial charge on any atom is 0.410 e. The van der Waals surface area contributed by atoms with Gasteiger partial charge >= 0.3 is 6.09 Å². The molecule has 1 aromatic rings. The lowest BCUT2D eigenvalue weighted by atomic mass is 9.98. The van der Waals surface area contributed by atoms with Crippen LogP contribution in [0.1, 0.15) is 94.2 Å². The van der Waals surface area contributed by atoms with E-state index in [9.17, 15) is 32.4 Å². The van der Waals surface area contributed by atoms with Crippen LogP contribution in [0.25, 0.3) is 0 Å². The van der Waals surface area contributed by atoms with Crippen LogP contribution in [0.15, 0.2) is 30.9 Å². The van der Waals surface area contributed by atoms with Gasteiger partial charge in [-0.3, -0.25) is 28.8 Å². The third-order valence-electron chi connectivity index (χ3n) is 10.5. The molecule has 3 fully saturated rings. The molecule has 0 spiro atoms. The fourth-order valence-electron chi connectivity index (χ4n) is 7.38. The van der Waals surface area contributed by atoms with Crippen molar-refractivity contribution in [1.29, 1.82) is 0 Å². The van der Waals surface area contributed by atoms with E-state index in [0.717, 1.165) is 36.8 Å². The van der Waals surface area contributed by atoms with Crippen molar-refractivity contribution in [2.24, 2.45) is 5.92 Å². The highest BCUT2D eigenvalue weighted by Gasteiger charge is 2.62. The van der Waals surface area contributed by atoms with Crippen molar-refractivity contribution >= 4 is 39.7 Å². The molecule has 4 bridgehead atoms. The van der Waals surface area contributed by atoms with Crippen molar-refractivity contribution in [3.8, 4) is 0 Å². The van der Waals surface area contributed by atoms with Crippen molar-refractivity contribution in [2.75, 3.05) is 6.54 Å². The van der Waals surface area contributed by atoms with Crippen molar-refractivity contribution in [3.63, 3.8) is 0 Å². The first-order valence-electron chi connectivity index (χ1n) is 17.6. The molecule has 5 atom stereocenters. The standard InChI is InChI=1S/C35H47N5O8S/c1-3-5-13-28-32(43)40-20-25(17-29(40)31(42)37-35(18-24(35)4-2)33(44)38-49(46,47)26-15-16-26)48-34(45)39-19-23-12-9-11-22(27(23)21-39)10-7-6-8-14-30(41)36-28/h4,9,11-12,24-26,28-29H,2-3,5-8,10,13-21H2,1H3,(H,36,41)(H,37,42)(H,38,44)/t24-,25+,28-,29-,35+/m0/s1. The Labute approximate surface area is 287 Å². The second kappa shape index (κ2) is 14.1. The lowest BCUT2D eigenvalue weighted by molar-refractivity contribution is -0.142. The summed E-state index contributed by atoms with van der Waals surface area (Å²) in [5.74, 6) is -2.72. The van der Waals surface area contributed by atoms with Crippen LogP contribution in [0.4, 0.5) is 4.79 Å². The van der Waals surface area contributed by atoms with Gasteiger partial charge in [-0.25, -0.2) is 13.2 Å². The Bertz CT molecular complexity index is 1630. The summed E-state index contributed by atoms with van der Waals surface area (Å²) < 4.78 is 33.3. The zero-order chi connectivity index (χ0) is 34.9. The molecular weight excluding hydrogens is 650 g/mol. The third kappa shape index (κ3) is 7.48. The van der Waals surface area contributed by atoms with Gasteiger partial charge < -0.3 is 20.3 Å². The lowest BCUT2D eigenvalue weighted by Crippen LogP contribution is -2.58. The van der Waals surface area contributed by atoms with E-state index in [0.29, 0.717) is 45.2 Å². The van der Waals surface area contributed by atoms with Crippen molar-refractivity contribution in [2.45, 2.75) is 126 Å². The van der Waals surface area contributed by atoms with Gasteiger partial charge in [0.05, 0.1) is 11.8 Å². The van der Waals surface area contributed by atoms with Crippen LogP contribution >= 0.6 is 0 Å². The number of carbonyl (C=O) groups is 5. The van der Waals surface area contributed by atoms with Gasteiger partial charge in [-0.15, -0.1) is 6.58 Å². The summed E-state index contributed by atoms with van der Waals surface area (Å²) in [6.45, 7) is 6.45. The Kier molecular flexibility index (Phi) is 10.1. The van der Waals surface area contributed by atoms with E-state index >= 15 is 0 Å². The van der Waals surface area contributed by atoms with Gasteiger partial charge in [0.15, 0.2) is 0 Å². The predicted molar refractivity (Wildman–Crippen MR) is 179 cm³/mol. The third-order valence-corrected chi connectivity index (χ3v) is 12.4. The highest BCUT2D eigenvalue weighted by Crippen LogP contribution is 2.45. The molecule has 6 rings (SSSR count). The van der Waals surface area contributed by atoms with E-state index in [4.69, 9.17) is 4.74 Å². The van der Waals surface area contributed by atoms with Gasteiger partial charge in [0.2, 0.25) is 27.7 Å². The minimum atomic E-state index is -3.88. The molecule has 1 aromatic carbocycles. The van der Waals surface area contributed by atoms with Gasteiger partial charge in [-0.1, -0.05) is 50.5 Å². The number of aryl methyl sites for hydroxylation is 1. The maximum atomic E-state index is 14.2. The van der Waals surface area contributed by atoms with Gasteiger partial charge in [0.1, 0.15) is 23.7 Å². The quantitative estimate of drug-likeness (QED) is 0.331. The first-order chi connectivity index (χ1) is 23.5. The van der Waals surface area contributed by atoms with Crippen LogP contribution in [-0.4, -0.2) is 83.5 Å². The van der Waals surface area contributed by atoms with Crippen LogP contribution in [0.3, 0.4) is 0 Å². The van der Waals surface area contributed by atoms with E-state index in [1.165, 1.54) is 16.5 Å². The number of hydrogen-bond acceptors (Lipinski definition) is 8. The number of amides is 5. The van der Waals surface area contributed by atoms with Crippen LogP contribution in [0.5, 0.6) is 0 Å². The minimum absolute atomic E-state index is 0.0272. The summed E-state index contributed by atoms with van der Waals surface area (Å²) in [7, 11) is -3.88. The Morgan fingerprint density at radius 1 is 1.10 bits per heavy atom. The molecule has 0 radical (unpaired) electrons. The average Bonchev–Trinajstić information content (AvgIpc) is 3.96. The molecule has 1 saturated heterocycles. The van der Waals surface area contributed by atoms with Crippen molar-refractivity contribution in [3.05, 3.63) is 47.5 Å². The first kappa shape index (κ1) is 34.9. The largest absolute Gasteiger partial charge is 0.444 e. The molecule has 5 amide bonds. The second-order valence-electron chi connectivity index (χ2n) is 14.2. The predicted octanol–water partition coefficient (Wildman–Crippen LogP) is 2.57. The first-order valence-corrected chi connectivity index (χ1v) is 19.2. The van der Waals surface area contributed by atoms with Gasteiger partial charge in [0, 0.05) is 31.8 Å². The Balaban J connectivity index is 1.25. The number of rotatable bonds is 9. The van der Waals surface area contributed by atoms with E-state index < -0.39 is 68.7 Å². The lowest BCUT2D eigenvalue weighted by Gasteiger charge is -2.30. The number of carbonyl (C=O) groups excluding carboxylic acids is 5. The Morgan fingerprint density at radius 3 is 2.57 bits per heavy atom. The second-order valence-corrected chi connectivity index (χ2v) is 16.1. The molecule has 5 aliphatic rings. The summed E-state index contributed by atoms with van der Waals surface area (Å²) in [5, 5.41) is 5.03. The fraction of sp³-hybridized carbons (Fsp3) is 0.629. The van der Waals surface area contributed by atoms with Crippen LogP contribution in [0.2, 0.25) is 0 Å². The molecule has 49 heavy (non-hydrogen) atoms. The van der Waals surface area contributed by atoms with Gasteiger partial charge in [-0.2, -0.15) is 0 Å². The van der Waals surface area contributed by atoms with E-state index in [1.54, 1.807) is 4.90 Å². The number of benzene rings is 1. The molecule has 3 heterocycles. The zero-order valence-electron chi connectivity index (χ0n) is 28.1. The topological polar surface area (TPSA) is 171 Å². The molecule has 0 unspecified atom stereocenters. The van der Waals surface area contributed by atoms with E-state index in [2.05, 4.69) is 28.0 Å². The van der Waals surface area contributed by atoms with Crippen LogP contribution in [-0.2, 0) is 53.4 Å². The number of fused-ring (bicyclic) bond motifs is 3. The molecule has 14 heteroatoms. The highest BCUT2D eigenvalue weighted by molar-refractivity contribution is 7.91. The van der Waals surface area contributed by atoms with Crippen molar-refractivity contribution in [1.82, 2.24) is 25.2 Å². The molecule has 2 aliphatic carbocycles. The van der Waals surface area contributed by atoms with E-state index in [-0.39, 0.29) is 31.7 Å². The summed E-state index contributed by atoms with van der Waals surface area (Å²) in [5.41, 5.74) is 1.80. The maximum absolute atomic E-state index is 14.2. The monoisotopic (exact) mass is 697 g/mol. The highest BCUT2D eigenvalue weighted by atomic mass is 32.2. The number of unbranched alkanes of at least 4 members (excludes halogenated alkanes) is 1. The van der Waals surface area contributed by atoms with Crippen molar-refractivity contribution < 1.29 is 37.1 Å².